The van der Waals surface area contributed by atoms with E-state index in [1.165, 1.54) is 17.0 Å². The van der Waals surface area contributed by atoms with Gasteiger partial charge >= 0.3 is 0 Å². The first-order valence-electron chi connectivity index (χ1n) is 9.47. The molecule has 5 nitrogen and oxygen atoms in total. The fourth-order valence-electron chi connectivity index (χ4n) is 3.28. The average molecular weight is 517 g/mol. The van der Waals surface area contributed by atoms with E-state index in [0.717, 1.165) is 62.0 Å². The molecular weight excluding hydrogens is 488 g/mol. The Morgan fingerprint density at radius 1 is 1.29 bits per heavy atom. The lowest BCUT2D eigenvalue weighted by molar-refractivity contribution is 0.198. The summed E-state index contributed by atoms with van der Waals surface area (Å²) in [7, 11) is 1.81. The number of hydrogen-bond donors (Lipinski definition) is 2. The normalized spacial score (nSPS) is 15.9. The van der Waals surface area contributed by atoms with E-state index < -0.39 is 0 Å². The van der Waals surface area contributed by atoms with E-state index in [1.54, 1.807) is 11.3 Å². The summed E-state index contributed by atoms with van der Waals surface area (Å²) < 4.78 is 13.0. The summed E-state index contributed by atoms with van der Waals surface area (Å²) >= 11 is 1.75. The molecule has 0 atom stereocenters. The molecule has 1 saturated heterocycles. The topological polar surface area (TPSA) is 52.6 Å². The Balaban J connectivity index is 0.00000280. The number of aliphatic imine (C=N–C) groups is 1. The van der Waals surface area contributed by atoms with Crippen LogP contribution >= 0.6 is 35.3 Å². The van der Waals surface area contributed by atoms with E-state index >= 15 is 0 Å². The highest BCUT2D eigenvalue weighted by atomic mass is 127. The third-order valence-corrected chi connectivity index (χ3v) is 5.74. The molecule has 154 valence electrons. The highest BCUT2D eigenvalue weighted by Crippen LogP contribution is 2.14. The molecule has 2 aromatic rings. The van der Waals surface area contributed by atoms with Crippen molar-refractivity contribution in [3.63, 3.8) is 0 Å². The summed E-state index contributed by atoms with van der Waals surface area (Å²) in [6.07, 6.45) is 4.99. The Morgan fingerprint density at radius 3 is 2.61 bits per heavy atom. The molecule has 2 N–H and O–H groups in total. The molecule has 8 heteroatoms. The van der Waals surface area contributed by atoms with Crippen molar-refractivity contribution >= 4 is 41.3 Å². The van der Waals surface area contributed by atoms with Gasteiger partial charge in [0.25, 0.3) is 0 Å². The molecule has 0 bridgehead atoms. The lowest BCUT2D eigenvalue weighted by Crippen LogP contribution is -2.48. The summed E-state index contributed by atoms with van der Waals surface area (Å²) in [5.74, 6) is 0.686. The molecule has 0 radical (unpaired) electrons. The number of thiazole rings is 1. The first-order valence-corrected chi connectivity index (χ1v) is 10.3. The van der Waals surface area contributed by atoms with Crippen molar-refractivity contribution in [3.05, 3.63) is 51.7 Å². The van der Waals surface area contributed by atoms with Crippen molar-refractivity contribution in [3.8, 4) is 0 Å². The standard InChI is InChI=1S/C20H28FN5S.HI/c1-15-13-24-19(27-15)7-10-23-20(22-2)25-18-8-11-26(12-9-18)14-16-3-5-17(21)6-4-16;/h3-6,13,18H,7-12,14H2,1-2H3,(H2,22,23,25);1H. The fraction of sp³-hybridized carbons (Fsp3) is 0.500. The number of benzene rings is 1. The van der Waals surface area contributed by atoms with Gasteiger partial charge in [0.1, 0.15) is 5.82 Å². The van der Waals surface area contributed by atoms with Crippen LogP contribution in [0.15, 0.2) is 35.5 Å². The van der Waals surface area contributed by atoms with Crippen LogP contribution in [0, 0.1) is 12.7 Å². The lowest BCUT2D eigenvalue weighted by atomic mass is 10.0. The number of nitrogens with one attached hydrogen (secondary N) is 2. The Morgan fingerprint density at radius 2 is 2.00 bits per heavy atom. The van der Waals surface area contributed by atoms with Crippen LogP contribution < -0.4 is 10.6 Å². The largest absolute Gasteiger partial charge is 0.356 e. The predicted octanol–water partition coefficient (Wildman–Crippen LogP) is 3.58. The van der Waals surface area contributed by atoms with Crippen molar-refractivity contribution in [1.29, 1.82) is 0 Å². The molecule has 2 heterocycles. The Labute approximate surface area is 187 Å². The second-order valence-electron chi connectivity index (χ2n) is 6.93. The van der Waals surface area contributed by atoms with Crippen molar-refractivity contribution in [2.45, 2.75) is 38.8 Å². The maximum Gasteiger partial charge on any atom is 0.191 e. The summed E-state index contributed by atoms with van der Waals surface area (Å²) in [6.45, 7) is 5.86. The predicted molar refractivity (Wildman–Crippen MR) is 125 cm³/mol. The molecule has 0 unspecified atom stereocenters. The van der Waals surface area contributed by atoms with E-state index in [-0.39, 0.29) is 29.8 Å². The van der Waals surface area contributed by atoms with Crippen molar-refractivity contribution in [2.75, 3.05) is 26.7 Å². The molecule has 1 aliphatic heterocycles. The molecule has 28 heavy (non-hydrogen) atoms. The summed E-state index contributed by atoms with van der Waals surface area (Å²) in [5.41, 5.74) is 1.16. The molecule has 0 amide bonds. The average Bonchev–Trinajstić information content (AvgIpc) is 3.09. The van der Waals surface area contributed by atoms with E-state index in [2.05, 4.69) is 32.4 Å². The van der Waals surface area contributed by atoms with E-state index in [4.69, 9.17) is 0 Å². The zero-order chi connectivity index (χ0) is 19.1. The van der Waals surface area contributed by atoms with Gasteiger partial charge in [-0.05, 0) is 37.5 Å². The third-order valence-electron chi connectivity index (χ3n) is 4.77. The maximum atomic E-state index is 13.0. The maximum absolute atomic E-state index is 13.0. The van der Waals surface area contributed by atoms with Crippen LogP contribution in [0.1, 0.15) is 28.3 Å². The molecule has 1 fully saturated rings. The zero-order valence-corrected chi connectivity index (χ0v) is 19.6. The van der Waals surface area contributed by atoms with Crippen LogP contribution in [-0.4, -0.2) is 48.6 Å². The molecule has 1 aromatic carbocycles. The van der Waals surface area contributed by atoms with Gasteiger partial charge in [0.05, 0.1) is 5.01 Å². The quantitative estimate of drug-likeness (QED) is 0.350. The molecular formula is C20H29FIN5S. The van der Waals surface area contributed by atoms with Crippen LogP contribution in [0.2, 0.25) is 0 Å². The number of likely N-dealkylation sites (tertiary alicyclic amines) is 1. The summed E-state index contributed by atoms with van der Waals surface area (Å²) in [6, 6.07) is 7.24. The minimum absolute atomic E-state index is 0. The summed E-state index contributed by atoms with van der Waals surface area (Å²) in [5, 5.41) is 8.08. The SMILES string of the molecule is CN=C(NCCc1ncc(C)s1)NC1CCN(Cc2ccc(F)cc2)CC1.I. The smallest absolute Gasteiger partial charge is 0.191 e. The number of nitrogens with zero attached hydrogens (tertiary/aromatic N) is 3. The van der Waals surface area contributed by atoms with E-state index in [1.807, 2.05) is 25.4 Å². The van der Waals surface area contributed by atoms with Crippen LogP contribution in [0.5, 0.6) is 0 Å². The monoisotopic (exact) mass is 517 g/mol. The molecule has 3 rings (SSSR count). The molecule has 0 saturated carbocycles. The van der Waals surface area contributed by atoms with Crippen LogP contribution in [0.3, 0.4) is 0 Å². The third kappa shape index (κ3) is 7.29. The number of hydrogen-bond acceptors (Lipinski definition) is 4. The van der Waals surface area contributed by atoms with Crippen molar-refractivity contribution in [2.24, 2.45) is 4.99 Å². The van der Waals surface area contributed by atoms with Gasteiger partial charge in [0, 0.05) is 56.8 Å². The number of rotatable bonds is 6. The second kappa shape index (κ2) is 11.7. The zero-order valence-electron chi connectivity index (χ0n) is 16.4. The van der Waals surface area contributed by atoms with Gasteiger partial charge in [-0.25, -0.2) is 9.37 Å². The highest BCUT2D eigenvalue weighted by Gasteiger charge is 2.20. The van der Waals surface area contributed by atoms with Gasteiger partial charge in [0.2, 0.25) is 0 Å². The minimum atomic E-state index is -0.175. The van der Waals surface area contributed by atoms with Crippen molar-refractivity contribution < 1.29 is 4.39 Å². The Kier molecular flexibility index (Phi) is 9.60. The van der Waals surface area contributed by atoms with Crippen LogP contribution in [-0.2, 0) is 13.0 Å². The van der Waals surface area contributed by atoms with E-state index in [9.17, 15) is 4.39 Å². The fourth-order valence-corrected chi connectivity index (χ4v) is 4.06. The molecule has 1 aliphatic rings. The van der Waals surface area contributed by atoms with Gasteiger partial charge < -0.3 is 10.6 Å². The Bertz CT molecular complexity index is 741. The lowest BCUT2D eigenvalue weighted by Gasteiger charge is -2.33. The number of piperidine rings is 1. The first-order chi connectivity index (χ1) is 13.1. The second-order valence-corrected chi connectivity index (χ2v) is 8.25. The summed E-state index contributed by atoms with van der Waals surface area (Å²) in [4.78, 5) is 12.4. The number of halogens is 2. The molecule has 0 aliphatic carbocycles. The van der Waals surface area contributed by atoms with Gasteiger partial charge in [-0.2, -0.15) is 0 Å². The van der Waals surface area contributed by atoms with Crippen molar-refractivity contribution in [1.82, 2.24) is 20.5 Å². The van der Waals surface area contributed by atoms with Gasteiger partial charge in [-0.15, -0.1) is 35.3 Å². The highest BCUT2D eigenvalue weighted by molar-refractivity contribution is 14.0. The molecule has 0 spiro atoms. The van der Waals surface area contributed by atoms with Crippen LogP contribution in [0.25, 0.3) is 0 Å². The number of aryl methyl sites for hydroxylation is 1. The van der Waals surface area contributed by atoms with E-state index in [0.29, 0.717) is 6.04 Å². The Hall–Kier alpha value is -1.26. The molecule has 1 aromatic heterocycles. The van der Waals surface area contributed by atoms with Gasteiger partial charge in [0.15, 0.2) is 5.96 Å². The number of guanidine groups is 1. The van der Waals surface area contributed by atoms with Gasteiger partial charge in [-0.1, -0.05) is 12.1 Å². The first kappa shape index (κ1) is 23.0. The number of aromatic nitrogens is 1. The van der Waals surface area contributed by atoms with Gasteiger partial charge in [-0.3, -0.25) is 9.89 Å². The minimum Gasteiger partial charge on any atom is -0.356 e. The van der Waals surface area contributed by atoms with Crippen LogP contribution in [0.4, 0.5) is 4.39 Å².